The van der Waals surface area contributed by atoms with Crippen molar-refractivity contribution in [2.45, 2.75) is 6.42 Å². The summed E-state index contributed by atoms with van der Waals surface area (Å²) >= 11 is 2.40. The molecule has 0 aliphatic heterocycles. The topological polar surface area (TPSA) is 43.4 Å². The van der Waals surface area contributed by atoms with Gasteiger partial charge in [0.05, 0.1) is 21.4 Å². The monoisotopic (exact) mass is 264 g/mol. The molecule has 0 radical (unpaired) electrons. The van der Waals surface area contributed by atoms with Crippen LogP contribution in [0.4, 0.5) is 0 Å². The van der Waals surface area contributed by atoms with Gasteiger partial charge in [0.2, 0.25) is 0 Å². The van der Waals surface area contributed by atoms with Crippen LogP contribution in [-0.4, -0.2) is 15.0 Å². The molecule has 0 bridgehead atoms. The molecule has 0 aliphatic carbocycles. The molecule has 0 saturated heterocycles. The summed E-state index contributed by atoms with van der Waals surface area (Å²) in [5.74, 6) is 0. The normalized spacial score (nSPS) is 11.5. The molecule has 1 aromatic carbocycles. The molecular formula is C8H9BrO3S. The van der Waals surface area contributed by atoms with Crippen molar-refractivity contribution < 1.29 is 12.6 Å². The summed E-state index contributed by atoms with van der Waals surface area (Å²) in [4.78, 5) is 0. The second-order valence-corrected chi connectivity index (χ2v) is 5.85. The predicted molar refractivity (Wildman–Crippen MR) is 53.9 cm³/mol. The van der Waals surface area contributed by atoms with E-state index in [0.717, 1.165) is 5.56 Å². The second-order valence-electron chi connectivity index (χ2n) is 2.45. The Balaban J connectivity index is 2.37. The Morgan fingerprint density at radius 2 is 1.85 bits per heavy atom. The van der Waals surface area contributed by atoms with Gasteiger partial charge >= 0.3 is 8.55 Å². The van der Waals surface area contributed by atoms with Crippen molar-refractivity contribution in [2.24, 2.45) is 0 Å². The van der Waals surface area contributed by atoms with E-state index in [2.05, 4.69) is 19.0 Å². The number of rotatable bonds is 4. The SMILES string of the molecule is O=S(=O)(Br)OCCc1ccccc1. The minimum atomic E-state index is -3.48. The van der Waals surface area contributed by atoms with Gasteiger partial charge < -0.3 is 0 Å². The fraction of sp³-hybridized carbons (Fsp3) is 0.250. The van der Waals surface area contributed by atoms with Crippen LogP contribution in [0.15, 0.2) is 30.3 Å². The molecule has 5 heteroatoms. The maximum absolute atomic E-state index is 10.5. The highest BCUT2D eigenvalue weighted by atomic mass is 79.9. The average Bonchev–Trinajstić information content (AvgIpc) is 2.04. The lowest BCUT2D eigenvalue weighted by Gasteiger charge is -1.99. The van der Waals surface area contributed by atoms with E-state index in [0.29, 0.717) is 6.42 Å². The number of hydrogen-bond donors (Lipinski definition) is 0. The van der Waals surface area contributed by atoms with Crippen LogP contribution in [0.5, 0.6) is 0 Å². The van der Waals surface area contributed by atoms with Gasteiger partial charge in [-0.15, -0.1) is 0 Å². The first-order valence-electron chi connectivity index (χ1n) is 3.71. The van der Waals surface area contributed by atoms with Crippen LogP contribution in [0.25, 0.3) is 0 Å². The smallest absolute Gasteiger partial charge is 0.261 e. The van der Waals surface area contributed by atoms with Gasteiger partial charge in [-0.05, 0) is 12.0 Å². The summed E-state index contributed by atoms with van der Waals surface area (Å²) in [6.45, 7) is 0.164. The van der Waals surface area contributed by atoms with Crippen molar-refractivity contribution in [2.75, 3.05) is 6.61 Å². The summed E-state index contributed by atoms with van der Waals surface area (Å²) < 4.78 is 25.6. The van der Waals surface area contributed by atoms with Crippen molar-refractivity contribution in [3.8, 4) is 0 Å². The Labute approximate surface area is 85.1 Å². The molecule has 0 spiro atoms. The van der Waals surface area contributed by atoms with Crippen LogP contribution >= 0.6 is 14.8 Å². The fourth-order valence-corrected chi connectivity index (χ4v) is 1.58. The maximum Gasteiger partial charge on any atom is 0.328 e. The Kier molecular flexibility index (Phi) is 3.90. The van der Waals surface area contributed by atoms with Crippen LogP contribution in [-0.2, 0) is 19.2 Å². The summed E-state index contributed by atoms with van der Waals surface area (Å²) in [7, 11) is -3.48. The van der Waals surface area contributed by atoms with Crippen LogP contribution in [0.1, 0.15) is 5.56 Å². The zero-order chi connectivity index (χ0) is 9.73. The maximum atomic E-state index is 10.5. The Bertz CT molecular complexity index is 347. The summed E-state index contributed by atoms with van der Waals surface area (Å²) in [5, 5.41) is 0. The molecule has 0 atom stereocenters. The summed E-state index contributed by atoms with van der Waals surface area (Å²) in [6, 6.07) is 9.55. The molecule has 3 nitrogen and oxygen atoms in total. The average molecular weight is 265 g/mol. The van der Waals surface area contributed by atoms with Crippen molar-refractivity contribution in [3.05, 3.63) is 35.9 Å². The van der Waals surface area contributed by atoms with Crippen LogP contribution < -0.4 is 0 Å². The lowest BCUT2D eigenvalue weighted by Crippen LogP contribution is -2.01. The van der Waals surface area contributed by atoms with Gasteiger partial charge in [-0.3, -0.25) is 4.18 Å². The van der Waals surface area contributed by atoms with Gasteiger partial charge in [-0.25, -0.2) is 0 Å². The molecule has 72 valence electrons. The predicted octanol–water partition coefficient (Wildman–Crippen LogP) is 1.89. The van der Waals surface area contributed by atoms with E-state index in [-0.39, 0.29) is 6.61 Å². The number of benzene rings is 1. The summed E-state index contributed by atoms with van der Waals surface area (Å²) in [6.07, 6.45) is 0.589. The van der Waals surface area contributed by atoms with E-state index in [4.69, 9.17) is 0 Å². The Morgan fingerprint density at radius 1 is 1.23 bits per heavy atom. The molecule has 0 saturated carbocycles. The molecule has 1 aromatic rings. The minimum Gasteiger partial charge on any atom is -0.261 e. The van der Waals surface area contributed by atoms with Gasteiger partial charge in [0.25, 0.3) is 0 Å². The molecule has 0 heterocycles. The quantitative estimate of drug-likeness (QED) is 0.781. The van der Waals surface area contributed by atoms with E-state index in [1.165, 1.54) is 0 Å². The molecule has 0 unspecified atom stereocenters. The highest BCUT2D eigenvalue weighted by molar-refractivity contribution is 9.46. The van der Waals surface area contributed by atoms with Gasteiger partial charge in [0.1, 0.15) is 0 Å². The van der Waals surface area contributed by atoms with Gasteiger partial charge in [0, 0.05) is 0 Å². The molecule has 0 aliphatic rings. The van der Waals surface area contributed by atoms with Gasteiger partial charge in [-0.2, -0.15) is 8.42 Å². The molecule has 0 fully saturated rings. The highest BCUT2D eigenvalue weighted by Gasteiger charge is 2.03. The van der Waals surface area contributed by atoms with Crippen molar-refractivity contribution >= 4 is 23.4 Å². The third-order valence-electron chi connectivity index (χ3n) is 1.46. The van der Waals surface area contributed by atoms with Crippen LogP contribution in [0.2, 0.25) is 0 Å². The zero-order valence-electron chi connectivity index (χ0n) is 6.81. The van der Waals surface area contributed by atoms with E-state index in [1.54, 1.807) is 0 Å². The van der Waals surface area contributed by atoms with Crippen molar-refractivity contribution in [1.29, 1.82) is 0 Å². The molecule has 13 heavy (non-hydrogen) atoms. The number of hydrogen-bond acceptors (Lipinski definition) is 3. The molecule has 1 rings (SSSR count). The van der Waals surface area contributed by atoms with E-state index >= 15 is 0 Å². The van der Waals surface area contributed by atoms with E-state index in [1.807, 2.05) is 30.3 Å². The third-order valence-corrected chi connectivity index (χ3v) is 2.47. The van der Waals surface area contributed by atoms with Crippen LogP contribution in [0.3, 0.4) is 0 Å². The highest BCUT2D eigenvalue weighted by Crippen LogP contribution is 2.05. The van der Waals surface area contributed by atoms with Crippen molar-refractivity contribution in [3.63, 3.8) is 0 Å². The second kappa shape index (κ2) is 4.74. The Morgan fingerprint density at radius 3 is 2.38 bits per heavy atom. The minimum absolute atomic E-state index is 0.164. The largest absolute Gasteiger partial charge is 0.328 e. The molecular weight excluding hydrogens is 256 g/mol. The molecule has 0 amide bonds. The van der Waals surface area contributed by atoms with Gasteiger partial charge in [-0.1, -0.05) is 30.3 Å². The standard InChI is InChI=1S/C8H9BrO3S/c9-13(10,11)12-7-6-8-4-2-1-3-5-8/h1-5H,6-7H2. The van der Waals surface area contributed by atoms with E-state index < -0.39 is 8.55 Å². The molecule has 0 aromatic heterocycles. The summed E-state index contributed by atoms with van der Waals surface area (Å²) in [5.41, 5.74) is 1.05. The zero-order valence-corrected chi connectivity index (χ0v) is 9.21. The lowest BCUT2D eigenvalue weighted by molar-refractivity contribution is 0.334. The van der Waals surface area contributed by atoms with Crippen LogP contribution in [0, 0.1) is 0 Å². The Hall–Kier alpha value is -0.390. The fourth-order valence-electron chi connectivity index (χ4n) is 0.904. The first-order chi connectivity index (χ1) is 6.08. The molecule has 0 N–H and O–H groups in total. The lowest BCUT2D eigenvalue weighted by atomic mass is 10.2. The van der Waals surface area contributed by atoms with E-state index in [9.17, 15) is 8.42 Å². The number of halogens is 1. The van der Waals surface area contributed by atoms with Crippen molar-refractivity contribution in [1.82, 2.24) is 0 Å². The third kappa shape index (κ3) is 5.02. The van der Waals surface area contributed by atoms with Gasteiger partial charge in [0.15, 0.2) is 0 Å². The first-order valence-corrected chi connectivity index (χ1v) is 6.96. The first kappa shape index (κ1) is 10.7.